The van der Waals surface area contributed by atoms with Crippen LogP contribution >= 0.6 is 0 Å². The van der Waals surface area contributed by atoms with Gasteiger partial charge in [0.05, 0.1) is 5.52 Å². The lowest BCUT2D eigenvalue weighted by Gasteiger charge is -2.11. The summed E-state index contributed by atoms with van der Waals surface area (Å²) in [7, 11) is 2.20. The third-order valence-corrected chi connectivity index (χ3v) is 4.25. The molecule has 17 heavy (non-hydrogen) atoms. The first-order valence-corrected chi connectivity index (χ1v) is 6.57. The van der Waals surface area contributed by atoms with E-state index < -0.39 is 0 Å². The molecule has 0 amide bonds. The number of para-hydroxylation sites is 1. The Hall–Kier alpha value is -1.28. The molecule has 1 aliphatic carbocycles. The molecule has 90 valence electrons. The van der Waals surface area contributed by atoms with Crippen LogP contribution in [0, 0.1) is 0 Å². The van der Waals surface area contributed by atoms with Crippen molar-refractivity contribution in [3.63, 3.8) is 0 Å². The number of nitrogens with two attached hydrogens (primary N) is 1. The minimum absolute atomic E-state index is 0.562. The zero-order chi connectivity index (χ0) is 12.0. The maximum atomic E-state index is 5.90. The predicted octanol–water partition coefficient (Wildman–Crippen LogP) is 2.73. The summed E-state index contributed by atoms with van der Waals surface area (Å²) >= 11 is 0. The van der Waals surface area contributed by atoms with Crippen molar-refractivity contribution in [3.05, 3.63) is 35.0 Å². The molecule has 1 aromatic heterocycles. The van der Waals surface area contributed by atoms with Crippen LogP contribution in [-0.4, -0.2) is 11.1 Å². The van der Waals surface area contributed by atoms with Crippen molar-refractivity contribution in [2.75, 3.05) is 6.54 Å². The lowest BCUT2D eigenvalue weighted by atomic mass is 10.1. The molecule has 3 rings (SSSR count). The lowest BCUT2D eigenvalue weighted by molar-refractivity contribution is 0.648. The molecule has 1 atom stereocenters. The summed E-state index contributed by atoms with van der Waals surface area (Å²) in [5, 5.41) is 1.46. The lowest BCUT2D eigenvalue weighted by Crippen LogP contribution is -2.12. The minimum atomic E-state index is 0.562. The zero-order valence-electron chi connectivity index (χ0n) is 10.7. The summed E-state index contributed by atoms with van der Waals surface area (Å²) in [5.74, 6) is 0.562. The van der Waals surface area contributed by atoms with Crippen molar-refractivity contribution in [3.8, 4) is 0 Å². The van der Waals surface area contributed by atoms with Gasteiger partial charge in [0.2, 0.25) is 0 Å². The first-order valence-electron chi connectivity index (χ1n) is 6.57. The normalized spacial score (nSPS) is 18.9. The summed E-state index contributed by atoms with van der Waals surface area (Å²) in [4.78, 5) is 0. The quantitative estimate of drug-likeness (QED) is 0.842. The van der Waals surface area contributed by atoms with Gasteiger partial charge >= 0.3 is 0 Å². The molecule has 2 N–H and O–H groups in total. The number of rotatable bonds is 2. The summed E-state index contributed by atoms with van der Waals surface area (Å²) in [5.41, 5.74) is 11.8. The number of aryl methyl sites for hydroxylation is 3. The van der Waals surface area contributed by atoms with Gasteiger partial charge < -0.3 is 10.3 Å². The van der Waals surface area contributed by atoms with Gasteiger partial charge in [-0.25, -0.2) is 0 Å². The molecule has 0 saturated carbocycles. The fourth-order valence-corrected chi connectivity index (χ4v) is 3.44. The smallest absolute Gasteiger partial charge is 0.0515 e. The molecule has 0 bridgehead atoms. The second-order valence-corrected chi connectivity index (χ2v) is 5.06. The van der Waals surface area contributed by atoms with Gasteiger partial charge in [0.15, 0.2) is 0 Å². The maximum absolute atomic E-state index is 5.90. The van der Waals surface area contributed by atoms with Crippen LogP contribution in [0.4, 0.5) is 0 Å². The van der Waals surface area contributed by atoms with Crippen LogP contribution in [0.2, 0.25) is 0 Å². The summed E-state index contributed by atoms with van der Waals surface area (Å²) < 4.78 is 2.40. The molecule has 1 aliphatic rings. The highest BCUT2D eigenvalue weighted by molar-refractivity contribution is 5.89. The van der Waals surface area contributed by atoms with Crippen LogP contribution in [0.3, 0.4) is 0 Å². The van der Waals surface area contributed by atoms with E-state index in [2.05, 4.69) is 36.7 Å². The Bertz CT molecular complexity index is 566. The van der Waals surface area contributed by atoms with Crippen LogP contribution in [0.1, 0.15) is 36.1 Å². The molecule has 1 aromatic carbocycles. The Balaban J connectivity index is 2.35. The van der Waals surface area contributed by atoms with E-state index in [-0.39, 0.29) is 0 Å². The number of aromatic nitrogens is 1. The van der Waals surface area contributed by atoms with Crippen LogP contribution in [0.15, 0.2) is 18.2 Å². The van der Waals surface area contributed by atoms with E-state index in [0.29, 0.717) is 5.92 Å². The van der Waals surface area contributed by atoms with E-state index in [0.717, 1.165) is 13.0 Å². The third kappa shape index (κ3) is 1.37. The van der Waals surface area contributed by atoms with Crippen molar-refractivity contribution in [2.45, 2.75) is 32.1 Å². The topological polar surface area (TPSA) is 30.9 Å². The monoisotopic (exact) mass is 228 g/mol. The molecule has 0 spiro atoms. The van der Waals surface area contributed by atoms with Gasteiger partial charge in [0, 0.05) is 30.6 Å². The highest BCUT2D eigenvalue weighted by atomic mass is 15.0. The SMILES string of the molecule is CCc1cccc2c3c(n(C)c12)C(CN)CC3. The van der Waals surface area contributed by atoms with E-state index in [1.165, 1.54) is 35.0 Å². The second-order valence-electron chi connectivity index (χ2n) is 5.06. The van der Waals surface area contributed by atoms with Crippen LogP contribution < -0.4 is 5.73 Å². The number of hydrogen-bond donors (Lipinski definition) is 1. The van der Waals surface area contributed by atoms with E-state index in [4.69, 9.17) is 5.73 Å². The van der Waals surface area contributed by atoms with Gasteiger partial charge in [-0.15, -0.1) is 0 Å². The Kier molecular flexibility index (Phi) is 2.48. The first kappa shape index (κ1) is 10.8. The second kappa shape index (κ2) is 3.88. The molecule has 0 saturated heterocycles. The van der Waals surface area contributed by atoms with Crippen molar-refractivity contribution >= 4 is 10.9 Å². The Morgan fingerprint density at radius 2 is 2.24 bits per heavy atom. The molecule has 2 aromatic rings. The largest absolute Gasteiger partial charge is 0.347 e. The Morgan fingerprint density at radius 1 is 1.41 bits per heavy atom. The molecule has 0 radical (unpaired) electrons. The van der Waals surface area contributed by atoms with Crippen molar-refractivity contribution in [2.24, 2.45) is 12.8 Å². The van der Waals surface area contributed by atoms with Crippen LogP contribution in [-0.2, 0) is 19.9 Å². The van der Waals surface area contributed by atoms with Crippen molar-refractivity contribution < 1.29 is 0 Å². The first-order chi connectivity index (χ1) is 8.27. The fraction of sp³-hybridized carbons (Fsp3) is 0.467. The van der Waals surface area contributed by atoms with E-state index in [1.54, 1.807) is 5.56 Å². The zero-order valence-corrected chi connectivity index (χ0v) is 10.7. The highest BCUT2D eigenvalue weighted by Gasteiger charge is 2.28. The van der Waals surface area contributed by atoms with E-state index in [1.807, 2.05) is 0 Å². The summed E-state index contributed by atoms with van der Waals surface area (Å²) in [6, 6.07) is 6.71. The highest BCUT2D eigenvalue weighted by Crippen LogP contribution is 2.39. The average Bonchev–Trinajstić information content (AvgIpc) is 2.90. The molecule has 2 heteroatoms. The van der Waals surface area contributed by atoms with Gasteiger partial charge in [-0.1, -0.05) is 25.1 Å². The Labute approximate surface area is 102 Å². The number of benzene rings is 1. The average molecular weight is 228 g/mol. The predicted molar refractivity (Wildman–Crippen MR) is 72.4 cm³/mol. The van der Waals surface area contributed by atoms with Crippen molar-refractivity contribution in [1.82, 2.24) is 4.57 Å². The van der Waals surface area contributed by atoms with Gasteiger partial charge in [-0.05, 0) is 30.4 Å². The van der Waals surface area contributed by atoms with Crippen LogP contribution in [0.5, 0.6) is 0 Å². The minimum Gasteiger partial charge on any atom is -0.347 e. The molecule has 1 unspecified atom stereocenters. The van der Waals surface area contributed by atoms with Crippen molar-refractivity contribution in [1.29, 1.82) is 0 Å². The molecule has 0 aliphatic heterocycles. The molecular weight excluding hydrogens is 208 g/mol. The number of fused-ring (bicyclic) bond motifs is 3. The molecular formula is C15H20N2. The van der Waals surface area contributed by atoms with Crippen LogP contribution in [0.25, 0.3) is 10.9 Å². The summed E-state index contributed by atoms with van der Waals surface area (Å²) in [6.45, 7) is 3.01. The molecule has 2 nitrogen and oxygen atoms in total. The Morgan fingerprint density at radius 3 is 2.94 bits per heavy atom. The summed E-state index contributed by atoms with van der Waals surface area (Å²) in [6.07, 6.45) is 3.52. The van der Waals surface area contributed by atoms with E-state index >= 15 is 0 Å². The third-order valence-electron chi connectivity index (χ3n) is 4.25. The molecule has 0 fully saturated rings. The van der Waals surface area contributed by atoms with Gasteiger partial charge in [-0.3, -0.25) is 0 Å². The van der Waals surface area contributed by atoms with Gasteiger partial charge in [0.25, 0.3) is 0 Å². The van der Waals surface area contributed by atoms with Gasteiger partial charge in [-0.2, -0.15) is 0 Å². The van der Waals surface area contributed by atoms with Gasteiger partial charge in [0.1, 0.15) is 0 Å². The standard InChI is InChI=1S/C15H20N2/c1-3-10-5-4-6-12-13-8-7-11(9-16)15(13)17(2)14(10)12/h4-6,11H,3,7-9,16H2,1-2H3. The molecule has 1 heterocycles. The van der Waals surface area contributed by atoms with E-state index in [9.17, 15) is 0 Å². The number of nitrogens with zero attached hydrogens (tertiary/aromatic N) is 1. The fourth-order valence-electron chi connectivity index (χ4n) is 3.44. The maximum Gasteiger partial charge on any atom is 0.0515 e. The number of hydrogen-bond acceptors (Lipinski definition) is 1.